The SMILES string of the molecule is CN(Cc1ccc(F)cc1)S(=O)(=O)c1cc(S(C)(=O)=O)ccc1Cl. The molecule has 0 aromatic heterocycles. The highest BCUT2D eigenvalue weighted by Gasteiger charge is 2.25. The summed E-state index contributed by atoms with van der Waals surface area (Å²) in [6.07, 6.45) is 0.981. The average molecular weight is 392 g/mol. The van der Waals surface area contributed by atoms with Crippen molar-refractivity contribution in [1.29, 1.82) is 0 Å². The smallest absolute Gasteiger partial charge is 0.224 e. The van der Waals surface area contributed by atoms with E-state index in [0.717, 1.165) is 16.6 Å². The first-order valence-corrected chi connectivity index (χ1v) is 10.4. The number of sulfone groups is 1. The summed E-state index contributed by atoms with van der Waals surface area (Å²) in [5, 5.41) is -0.0756. The van der Waals surface area contributed by atoms with Gasteiger partial charge >= 0.3 is 0 Å². The van der Waals surface area contributed by atoms with E-state index in [9.17, 15) is 21.2 Å². The van der Waals surface area contributed by atoms with Crippen molar-refractivity contribution in [3.63, 3.8) is 0 Å². The zero-order valence-electron chi connectivity index (χ0n) is 12.9. The molecule has 0 aliphatic heterocycles. The van der Waals surface area contributed by atoms with Crippen molar-refractivity contribution in [1.82, 2.24) is 4.31 Å². The predicted octanol–water partition coefficient (Wildman–Crippen LogP) is 2.70. The number of rotatable bonds is 5. The van der Waals surface area contributed by atoms with Gasteiger partial charge in [-0.3, -0.25) is 0 Å². The van der Waals surface area contributed by atoms with Crippen molar-refractivity contribution < 1.29 is 21.2 Å². The molecule has 0 saturated heterocycles. The van der Waals surface area contributed by atoms with Gasteiger partial charge < -0.3 is 0 Å². The highest BCUT2D eigenvalue weighted by atomic mass is 35.5. The first kappa shape index (κ1) is 18.9. The fourth-order valence-corrected chi connectivity index (χ4v) is 4.39. The van der Waals surface area contributed by atoms with E-state index >= 15 is 0 Å². The molecular formula is C15H15ClFNO4S2. The summed E-state index contributed by atoms with van der Waals surface area (Å²) >= 11 is 5.95. The average Bonchev–Trinajstić information content (AvgIpc) is 2.48. The molecule has 0 aliphatic rings. The van der Waals surface area contributed by atoms with E-state index in [1.165, 1.54) is 43.4 Å². The maximum Gasteiger partial charge on any atom is 0.244 e. The van der Waals surface area contributed by atoms with Crippen molar-refractivity contribution in [3.8, 4) is 0 Å². The molecule has 24 heavy (non-hydrogen) atoms. The van der Waals surface area contributed by atoms with Crippen LogP contribution in [0.2, 0.25) is 5.02 Å². The molecule has 2 aromatic carbocycles. The number of sulfonamides is 1. The Kier molecular flexibility index (Phi) is 5.34. The second kappa shape index (κ2) is 6.79. The third-order valence-corrected chi connectivity index (χ3v) is 6.73. The summed E-state index contributed by atoms with van der Waals surface area (Å²) in [4.78, 5) is -0.433. The zero-order chi connectivity index (χ0) is 18.1. The molecule has 0 bridgehead atoms. The van der Waals surface area contributed by atoms with Crippen molar-refractivity contribution in [2.75, 3.05) is 13.3 Å². The molecule has 9 heteroatoms. The third-order valence-electron chi connectivity index (χ3n) is 3.34. The van der Waals surface area contributed by atoms with Crippen LogP contribution < -0.4 is 0 Å². The Hall–Kier alpha value is -1.48. The van der Waals surface area contributed by atoms with Gasteiger partial charge in [0.2, 0.25) is 10.0 Å². The zero-order valence-corrected chi connectivity index (χ0v) is 15.3. The van der Waals surface area contributed by atoms with Gasteiger partial charge in [0, 0.05) is 19.8 Å². The fourth-order valence-electron chi connectivity index (χ4n) is 2.01. The monoisotopic (exact) mass is 391 g/mol. The number of hydrogen-bond acceptors (Lipinski definition) is 4. The molecule has 2 rings (SSSR count). The summed E-state index contributed by atoms with van der Waals surface area (Å²) < 4.78 is 62.6. The van der Waals surface area contributed by atoms with Gasteiger partial charge in [-0.15, -0.1) is 0 Å². The van der Waals surface area contributed by atoms with Gasteiger partial charge in [-0.1, -0.05) is 23.7 Å². The molecule has 0 saturated carbocycles. The van der Waals surface area contributed by atoms with Crippen LogP contribution >= 0.6 is 11.6 Å². The van der Waals surface area contributed by atoms with Gasteiger partial charge in [-0.05, 0) is 35.9 Å². The molecule has 0 radical (unpaired) electrons. The molecule has 0 heterocycles. The molecular weight excluding hydrogens is 377 g/mol. The van der Waals surface area contributed by atoms with E-state index < -0.39 is 25.7 Å². The molecule has 0 spiro atoms. The van der Waals surface area contributed by atoms with Crippen LogP contribution in [0.5, 0.6) is 0 Å². The minimum Gasteiger partial charge on any atom is -0.224 e. The Bertz CT molecular complexity index is 957. The van der Waals surface area contributed by atoms with E-state index in [0.29, 0.717) is 5.56 Å². The molecule has 0 fully saturated rings. The van der Waals surface area contributed by atoms with E-state index in [1.807, 2.05) is 0 Å². The van der Waals surface area contributed by atoms with Gasteiger partial charge in [0.15, 0.2) is 9.84 Å². The van der Waals surface area contributed by atoms with Gasteiger partial charge in [0.1, 0.15) is 10.7 Å². The quantitative estimate of drug-likeness (QED) is 0.785. The van der Waals surface area contributed by atoms with Gasteiger partial charge in [-0.2, -0.15) is 4.31 Å². The lowest BCUT2D eigenvalue weighted by Crippen LogP contribution is -2.27. The number of hydrogen-bond donors (Lipinski definition) is 0. The van der Waals surface area contributed by atoms with Crippen molar-refractivity contribution in [3.05, 3.63) is 58.9 Å². The molecule has 0 aliphatic carbocycles. The van der Waals surface area contributed by atoms with E-state index in [-0.39, 0.29) is 21.4 Å². The molecule has 0 amide bonds. The van der Waals surface area contributed by atoms with E-state index in [2.05, 4.69) is 0 Å². The van der Waals surface area contributed by atoms with E-state index in [4.69, 9.17) is 11.6 Å². The Labute approximate surface area is 145 Å². The topological polar surface area (TPSA) is 71.5 Å². The van der Waals surface area contributed by atoms with Crippen LogP contribution in [0.4, 0.5) is 4.39 Å². The van der Waals surface area contributed by atoms with Crippen LogP contribution in [0.3, 0.4) is 0 Å². The summed E-state index contributed by atoms with van der Waals surface area (Å²) in [6.45, 7) is -0.0119. The van der Waals surface area contributed by atoms with Crippen LogP contribution in [-0.4, -0.2) is 34.4 Å². The summed E-state index contributed by atoms with van der Waals surface area (Å²) in [5.41, 5.74) is 0.581. The lowest BCUT2D eigenvalue weighted by atomic mass is 10.2. The van der Waals surface area contributed by atoms with Gasteiger partial charge in [-0.25, -0.2) is 21.2 Å². The van der Waals surface area contributed by atoms with Crippen molar-refractivity contribution in [2.24, 2.45) is 0 Å². The maximum atomic E-state index is 12.9. The van der Waals surface area contributed by atoms with Crippen molar-refractivity contribution in [2.45, 2.75) is 16.3 Å². The van der Waals surface area contributed by atoms with Gasteiger partial charge in [0.25, 0.3) is 0 Å². The Morgan fingerprint density at radius 2 is 1.62 bits per heavy atom. The second-order valence-electron chi connectivity index (χ2n) is 5.25. The fraction of sp³-hybridized carbons (Fsp3) is 0.200. The van der Waals surface area contributed by atoms with Crippen LogP contribution in [0.1, 0.15) is 5.56 Å². The first-order chi connectivity index (χ1) is 11.0. The molecule has 0 atom stereocenters. The van der Waals surface area contributed by atoms with Gasteiger partial charge in [0.05, 0.1) is 9.92 Å². The van der Waals surface area contributed by atoms with Crippen LogP contribution in [0.15, 0.2) is 52.3 Å². The molecule has 0 unspecified atom stereocenters. The maximum absolute atomic E-state index is 12.9. The molecule has 2 aromatic rings. The predicted molar refractivity (Wildman–Crippen MR) is 89.6 cm³/mol. The molecule has 5 nitrogen and oxygen atoms in total. The van der Waals surface area contributed by atoms with Crippen LogP contribution in [0, 0.1) is 5.82 Å². The Morgan fingerprint density at radius 1 is 1.04 bits per heavy atom. The Morgan fingerprint density at radius 3 is 2.17 bits per heavy atom. The van der Waals surface area contributed by atoms with Crippen LogP contribution in [-0.2, 0) is 26.4 Å². The highest BCUT2D eigenvalue weighted by molar-refractivity contribution is 7.91. The standard InChI is InChI=1S/C15H15ClFNO4S2/c1-18(10-11-3-5-12(17)6-4-11)24(21,22)15-9-13(23(2,19)20)7-8-14(15)16/h3-9H,10H2,1-2H3. The number of benzene rings is 2. The first-order valence-electron chi connectivity index (χ1n) is 6.72. The normalized spacial score (nSPS) is 12.5. The van der Waals surface area contributed by atoms with Crippen LogP contribution in [0.25, 0.3) is 0 Å². The summed E-state index contributed by atoms with van der Waals surface area (Å²) in [7, 11) is -6.26. The summed E-state index contributed by atoms with van der Waals surface area (Å²) in [6, 6.07) is 8.91. The molecule has 130 valence electrons. The minimum absolute atomic E-state index is 0.0119. The minimum atomic E-state index is -4.02. The van der Waals surface area contributed by atoms with E-state index in [1.54, 1.807) is 0 Å². The highest BCUT2D eigenvalue weighted by Crippen LogP contribution is 2.27. The van der Waals surface area contributed by atoms with Crippen molar-refractivity contribution >= 4 is 31.5 Å². The lowest BCUT2D eigenvalue weighted by molar-refractivity contribution is 0.466. The summed E-state index contributed by atoms with van der Waals surface area (Å²) in [5.74, 6) is -0.423. The lowest BCUT2D eigenvalue weighted by Gasteiger charge is -2.18. The second-order valence-corrected chi connectivity index (χ2v) is 9.69. The number of halogens is 2. The Balaban J connectivity index is 2.40. The molecule has 0 N–H and O–H groups in total. The largest absolute Gasteiger partial charge is 0.244 e. The third kappa shape index (κ3) is 4.13. The number of nitrogens with zero attached hydrogens (tertiary/aromatic N) is 1.